The Hall–Kier alpha value is -3.16. The number of carbonyl (C=O) groups excluding carboxylic acids is 1. The molecule has 4 N–H and O–H groups in total. The molecule has 3 aromatic rings. The van der Waals surface area contributed by atoms with Crippen LogP contribution in [0.4, 0.5) is 16.2 Å². The van der Waals surface area contributed by atoms with E-state index in [-0.39, 0.29) is 12.5 Å². The summed E-state index contributed by atoms with van der Waals surface area (Å²) >= 11 is 3.39. The molecule has 3 rings (SSSR count). The van der Waals surface area contributed by atoms with Gasteiger partial charge >= 0.3 is 6.09 Å². The first-order valence-corrected chi connectivity index (χ1v) is 10.6. The number of carboxylic acid groups (broad SMARTS) is 1. The Labute approximate surface area is 189 Å². The highest BCUT2D eigenvalue weighted by molar-refractivity contribution is 9.10. The number of aryl methyl sites for hydroxylation is 1. The van der Waals surface area contributed by atoms with Gasteiger partial charge in [-0.2, -0.15) is 0 Å². The third-order valence-corrected chi connectivity index (χ3v) is 5.43. The molecule has 0 bridgehead atoms. The maximum Gasteiger partial charge on any atom is 0.409 e. The van der Waals surface area contributed by atoms with E-state index in [0.29, 0.717) is 35.1 Å². The van der Waals surface area contributed by atoms with Crippen molar-refractivity contribution in [1.29, 1.82) is 0 Å². The zero-order chi connectivity index (χ0) is 22.2. The standard InChI is InChI=1S/C24H23BrN2O4/c25-20-13-17(15-28)10-12-21(20)26-23(29)8-4-5-16-9-11-19(18-6-2-1-3-7-18)22(14-16)27-24(30)31/h1-3,6-7,9-14,27-28H,4-5,8,15H2,(H,26,29)(H,30,31). The molecule has 0 fully saturated rings. The van der Waals surface area contributed by atoms with Crippen LogP contribution in [0.25, 0.3) is 11.1 Å². The Morgan fingerprint density at radius 3 is 2.29 bits per heavy atom. The fourth-order valence-corrected chi connectivity index (χ4v) is 3.78. The largest absolute Gasteiger partial charge is 0.465 e. The fourth-order valence-electron chi connectivity index (χ4n) is 3.26. The minimum absolute atomic E-state index is 0.0609. The Balaban J connectivity index is 1.62. The second-order valence-corrected chi connectivity index (χ2v) is 7.90. The number of aliphatic hydroxyl groups is 1. The van der Waals surface area contributed by atoms with Gasteiger partial charge in [0.1, 0.15) is 0 Å². The molecule has 7 heteroatoms. The van der Waals surface area contributed by atoms with Gasteiger partial charge in [-0.15, -0.1) is 0 Å². The number of rotatable bonds is 8. The lowest BCUT2D eigenvalue weighted by molar-refractivity contribution is -0.116. The molecule has 2 amide bonds. The van der Waals surface area contributed by atoms with Crippen LogP contribution in [0.2, 0.25) is 0 Å². The Kier molecular flexibility index (Phi) is 7.81. The normalized spacial score (nSPS) is 10.5. The first kappa shape index (κ1) is 22.5. The zero-order valence-electron chi connectivity index (χ0n) is 16.8. The van der Waals surface area contributed by atoms with Crippen LogP contribution in [-0.2, 0) is 17.8 Å². The summed E-state index contributed by atoms with van der Waals surface area (Å²) in [6, 6.07) is 20.5. The topological polar surface area (TPSA) is 98.7 Å². The van der Waals surface area contributed by atoms with Crippen LogP contribution in [-0.4, -0.2) is 22.2 Å². The molecule has 0 aliphatic heterocycles. The van der Waals surface area contributed by atoms with Gasteiger partial charge in [0.2, 0.25) is 5.91 Å². The van der Waals surface area contributed by atoms with Gasteiger partial charge in [0, 0.05) is 16.5 Å². The number of nitrogens with one attached hydrogen (secondary N) is 2. The van der Waals surface area contributed by atoms with E-state index in [9.17, 15) is 14.7 Å². The summed E-state index contributed by atoms with van der Waals surface area (Å²) in [6.45, 7) is -0.0609. The van der Waals surface area contributed by atoms with Gasteiger partial charge in [0.15, 0.2) is 0 Å². The van der Waals surface area contributed by atoms with Gasteiger partial charge in [-0.1, -0.05) is 48.5 Å². The third-order valence-electron chi connectivity index (χ3n) is 4.77. The maximum atomic E-state index is 12.3. The molecular weight excluding hydrogens is 460 g/mol. The van der Waals surface area contributed by atoms with Crippen LogP contribution < -0.4 is 10.6 Å². The summed E-state index contributed by atoms with van der Waals surface area (Å²) in [5.41, 5.74) is 4.62. The van der Waals surface area contributed by atoms with Crippen molar-refractivity contribution in [3.63, 3.8) is 0 Å². The number of carbonyl (C=O) groups is 2. The molecule has 0 aromatic heterocycles. The number of anilines is 2. The van der Waals surface area contributed by atoms with E-state index in [4.69, 9.17) is 5.11 Å². The minimum Gasteiger partial charge on any atom is -0.465 e. The molecule has 0 aliphatic rings. The number of benzene rings is 3. The van der Waals surface area contributed by atoms with E-state index in [1.807, 2.05) is 48.5 Å². The van der Waals surface area contributed by atoms with Crippen LogP contribution in [0.3, 0.4) is 0 Å². The van der Waals surface area contributed by atoms with Crippen molar-refractivity contribution < 1.29 is 19.8 Å². The molecule has 0 heterocycles. The molecule has 0 unspecified atom stereocenters. The van der Waals surface area contributed by atoms with E-state index in [0.717, 1.165) is 22.3 Å². The quantitative estimate of drug-likeness (QED) is 0.332. The van der Waals surface area contributed by atoms with E-state index < -0.39 is 6.09 Å². The van der Waals surface area contributed by atoms with Crippen molar-refractivity contribution >= 4 is 39.3 Å². The van der Waals surface area contributed by atoms with Gasteiger partial charge in [0.05, 0.1) is 18.0 Å². The molecule has 31 heavy (non-hydrogen) atoms. The zero-order valence-corrected chi connectivity index (χ0v) is 18.4. The monoisotopic (exact) mass is 482 g/mol. The highest BCUT2D eigenvalue weighted by atomic mass is 79.9. The molecule has 0 saturated heterocycles. The number of amides is 2. The van der Waals surface area contributed by atoms with Crippen molar-refractivity contribution in [2.75, 3.05) is 10.6 Å². The Bertz CT molecular complexity index is 1070. The van der Waals surface area contributed by atoms with Crippen LogP contribution in [0.5, 0.6) is 0 Å². The van der Waals surface area contributed by atoms with Crippen LogP contribution in [0.15, 0.2) is 71.2 Å². The molecule has 160 valence electrons. The van der Waals surface area contributed by atoms with E-state index in [2.05, 4.69) is 26.6 Å². The second kappa shape index (κ2) is 10.7. The van der Waals surface area contributed by atoms with Gasteiger partial charge < -0.3 is 15.5 Å². The minimum atomic E-state index is -1.12. The second-order valence-electron chi connectivity index (χ2n) is 7.05. The Morgan fingerprint density at radius 2 is 1.61 bits per heavy atom. The van der Waals surface area contributed by atoms with E-state index in [1.165, 1.54) is 0 Å². The predicted molar refractivity (Wildman–Crippen MR) is 125 cm³/mol. The molecule has 0 atom stereocenters. The summed E-state index contributed by atoms with van der Waals surface area (Å²) in [5, 5.41) is 23.7. The number of hydrogen-bond acceptors (Lipinski definition) is 3. The van der Waals surface area contributed by atoms with Gasteiger partial charge in [-0.25, -0.2) is 4.79 Å². The van der Waals surface area contributed by atoms with E-state index >= 15 is 0 Å². The first-order valence-electron chi connectivity index (χ1n) is 9.83. The van der Waals surface area contributed by atoms with Crippen molar-refractivity contribution in [3.8, 4) is 11.1 Å². The molecule has 3 aromatic carbocycles. The Morgan fingerprint density at radius 1 is 0.871 bits per heavy atom. The number of hydrogen-bond donors (Lipinski definition) is 4. The lowest BCUT2D eigenvalue weighted by Crippen LogP contribution is -2.12. The lowest BCUT2D eigenvalue weighted by Gasteiger charge is -2.12. The summed E-state index contributed by atoms with van der Waals surface area (Å²) < 4.78 is 0.716. The van der Waals surface area contributed by atoms with Crippen LogP contribution >= 0.6 is 15.9 Å². The summed E-state index contributed by atoms with van der Waals surface area (Å²) in [6.07, 6.45) is 0.471. The summed E-state index contributed by atoms with van der Waals surface area (Å²) in [7, 11) is 0. The van der Waals surface area contributed by atoms with Gasteiger partial charge in [-0.3, -0.25) is 10.1 Å². The van der Waals surface area contributed by atoms with Crippen LogP contribution in [0.1, 0.15) is 24.0 Å². The third kappa shape index (κ3) is 6.41. The molecule has 0 aliphatic carbocycles. The predicted octanol–water partition coefficient (Wildman–Crippen LogP) is 5.66. The van der Waals surface area contributed by atoms with Crippen molar-refractivity contribution in [1.82, 2.24) is 0 Å². The fraction of sp³-hybridized carbons (Fsp3) is 0.167. The summed E-state index contributed by atoms with van der Waals surface area (Å²) in [5.74, 6) is -0.109. The van der Waals surface area contributed by atoms with Crippen molar-refractivity contribution in [2.45, 2.75) is 25.9 Å². The average molecular weight is 483 g/mol. The molecule has 0 saturated carbocycles. The highest BCUT2D eigenvalue weighted by Crippen LogP contribution is 2.30. The SMILES string of the molecule is O=C(O)Nc1cc(CCCC(=O)Nc2ccc(CO)cc2Br)ccc1-c1ccccc1. The van der Waals surface area contributed by atoms with E-state index in [1.54, 1.807) is 18.2 Å². The van der Waals surface area contributed by atoms with Crippen molar-refractivity contribution in [3.05, 3.63) is 82.3 Å². The average Bonchev–Trinajstić information content (AvgIpc) is 2.75. The van der Waals surface area contributed by atoms with Gasteiger partial charge in [-0.05, 0) is 63.7 Å². The summed E-state index contributed by atoms with van der Waals surface area (Å²) in [4.78, 5) is 23.5. The maximum absolute atomic E-state index is 12.3. The molecule has 6 nitrogen and oxygen atoms in total. The first-order chi connectivity index (χ1) is 15.0. The molecule has 0 spiro atoms. The molecule has 0 radical (unpaired) electrons. The van der Waals surface area contributed by atoms with Crippen molar-refractivity contribution in [2.24, 2.45) is 0 Å². The molecular formula is C24H23BrN2O4. The van der Waals surface area contributed by atoms with Gasteiger partial charge in [0.25, 0.3) is 0 Å². The van der Waals surface area contributed by atoms with Crippen LogP contribution in [0, 0.1) is 0 Å². The smallest absolute Gasteiger partial charge is 0.409 e. The highest BCUT2D eigenvalue weighted by Gasteiger charge is 2.10. The lowest BCUT2D eigenvalue weighted by atomic mass is 9.99. The number of aliphatic hydroxyl groups excluding tert-OH is 1. The number of halogens is 1.